The highest BCUT2D eigenvalue weighted by molar-refractivity contribution is 9.10. The Morgan fingerprint density at radius 2 is 2.36 bits per heavy atom. The zero-order valence-electron chi connectivity index (χ0n) is 7.96. The molecule has 3 rings (SSSR count). The van der Waals surface area contributed by atoms with Gasteiger partial charge < -0.3 is 10.2 Å². The molecule has 74 valence electrons. The molecule has 2 nitrogen and oxygen atoms in total. The highest BCUT2D eigenvalue weighted by Crippen LogP contribution is 2.36. The van der Waals surface area contributed by atoms with E-state index < -0.39 is 0 Å². The van der Waals surface area contributed by atoms with Crippen molar-refractivity contribution in [2.24, 2.45) is 0 Å². The van der Waals surface area contributed by atoms with Gasteiger partial charge in [-0.05, 0) is 24.1 Å². The van der Waals surface area contributed by atoms with E-state index in [1.807, 2.05) is 0 Å². The van der Waals surface area contributed by atoms with Crippen molar-refractivity contribution < 1.29 is 0 Å². The summed E-state index contributed by atoms with van der Waals surface area (Å²) in [7, 11) is 0. The molecule has 2 aliphatic rings. The standard InChI is InChI=1S/C11H13BrN2/c12-10-2-1-3-11-9(10)6-8-7-13-4-5-14(8)11/h1-3,8,13H,4-7H2/t8-/m1/s1. The normalized spacial score (nSPS) is 24.6. The highest BCUT2D eigenvalue weighted by atomic mass is 79.9. The van der Waals surface area contributed by atoms with Crippen molar-refractivity contribution in [2.75, 3.05) is 24.5 Å². The monoisotopic (exact) mass is 252 g/mol. The summed E-state index contributed by atoms with van der Waals surface area (Å²) in [5, 5.41) is 3.45. The quantitative estimate of drug-likeness (QED) is 0.758. The molecule has 1 saturated heterocycles. The van der Waals surface area contributed by atoms with Crippen molar-refractivity contribution in [3.8, 4) is 0 Å². The van der Waals surface area contributed by atoms with Crippen LogP contribution >= 0.6 is 15.9 Å². The van der Waals surface area contributed by atoms with E-state index in [1.165, 1.54) is 22.1 Å². The second-order valence-electron chi connectivity index (χ2n) is 3.99. The summed E-state index contributed by atoms with van der Waals surface area (Å²) >= 11 is 3.63. The zero-order chi connectivity index (χ0) is 9.54. The Morgan fingerprint density at radius 1 is 1.43 bits per heavy atom. The number of piperazine rings is 1. The molecule has 0 radical (unpaired) electrons. The van der Waals surface area contributed by atoms with Gasteiger partial charge in [-0.1, -0.05) is 22.0 Å². The van der Waals surface area contributed by atoms with Gasteiger partial charge in [-0.2, -0.15) is 0 Å². The highest BCUT2D eigenvalue weighted by Gasteiger charge is 2.31. The molecule has 0 unspecified atom stereocenters. The van der Waals surface area contributed by atoms with Crippen LogP contribution in [-0.2, 0) is 6.42 Å². The smallest absolute Gasteiger partial charge is 0.0456 e. The van der Waals surface area contributed by atoms with Gasteiger partial charge in [0.1, 0.15) is 0 Å². The minimum atomic E-state index is 0.678. The molecule has 1 aromatic rings. The largest absolute Gasteiger partial charge is 0.365 e. The summed E-state index contributed by atoms with van der Waals surface area (Å²) < 4.78 is 1.27. The van der Waals surface area contributed by atoms with Crippen LogP contribution in [0.25, 0.3) is 0 Å². The van der Waals surface area contributed by atoms with Gasteiger partial charge in [-0.3, -0.25) is 0 Å². The fraction of sp³-hybridized carbons (Fsp3) is 0.455. The van der Waals surface area contributed by atoms with Crippen LogP contribution in [0.1, 0.15) is 5.56 Å². The van der Waals surface area contributed by atoms with E-state index in [0.717, 1.165) is 19.6 Å². The van der Waals surface area contributed by atoms with Crippen LogP contribution in [0.15, 0.2) is 22.7 Å². The predicted octanol–water partition coefficient (Wildman–Crippen LogP) is 1.78. The van der Waals surface area contributed by atoms with Crippen LogP contribution in [0, 0.1) is 0 Å². The maximum absolute atomic E-state index is 3.63. The Labute approximate surface area is 92.4 Å². The Kier molecular flexibility index (Phi) is 2.03. The lowest BCUT2D eigenvalue weighted by Crippen LogP contribution is -2.49. The first-order valence-corrected chi connectivity index (χ1v) is 5.90. The Morgan fingerprint density at radius 3 is 3.29 bits per heavy atom. The second-order valence-corrected chi connectivity index (χ2v) is 4.85. The Hall–Kier alpha value is -0.540. The lowest BCUT2D eigenvalue weighted by molar-refractivity contribution is 0.495. The van der Waals surface area contributed by atoms with Crippen LogP contribution in [0.3, 0.4) is 0 Å². The number of fused-ring (bicyclic) bond motifs is 3. The second kappa shape index (κ2) is 3.24. The maximum atomic E-state index is 3.63. The van der Waals surface area contributed by atoms with Crippen LogP contribution in [0.2, 0.25) is 0 Å². The molecule has 0 amide bonds. The third kappa shape index (κ3) is 1.19. The van der Waals surface area contributed by atoms with Crippen LogP contribution in [0.5, 0.6) is 0 Å². The molecular formula is C11H13BrN2. The van der Waals surface area contributed by atoms with E-state index in [1.54, 1.807) is 0 Å². The maximum Gasteiger partial charge on any atom is 0.0456 e. The summed E-state index contributed by atoms with van der Waals surface area (Å²) in [4.78, 5) is 2.54. The molecule has 0 aromatic heterocycles. The average Bonchev–Trinajstić information content (AvgIpc) is 2.59. The topological polar surface area (TPSA) is 15.3 Å². The number of rotatable bonds is 0. The number of anilines is 1. The van der Waals surface area contributed by atoms with E-state index >= 15 is 0 Å². The predicted molar refractivity (Wildman–Crippen MR) is 61.8 cm³/mol. The summed E-state index contributed by atoms with van der Waals surface area (Å²) in [5.41, 5.74) is 2.92. The average molecular weight is 253 g/mol. The fourth-order valence-corrected chi connectivity index (χ4v) is 3.03. The van der Waals surface area contributed by atoms with Crippen molar-refractivity contribution in [3.05, 3.63) is 28.2 Å². The zero-order valence-corrected chi connectivity index (χ0v) is 9.55. The molecule has 3 heteroatoms. The lowest BCUT2D eigenvalue weighted by Gasteiger charge is -2.32. The van der Waals surface area contributed by atoms with E-state index in [4.69, 9.17) is 0 Å². The molecule has 2 heterocycles. The molecule has 1 atom stereocenters. The molecule has 0 spiro atoms. The molecule has 14 heavy (non-hydrogen) atoms. The molecule has 1 N–H and O–H groups in total. The first-order valence-electron chi connectivity index (χ1n) is 5.11. The summed E-state index contributed by atoms with van der Waals surface area (Å²) in [5.74, 6) is 0. The minimum absolute atomic E-state index is 0.678. The van der Waals surface area contributed by atoms with Crippen LogP contribution < -0.4 is 10.2 Å². The van der Waals surface area contributed by atoms with Crippen molar-refractivity contribution >= 4 is 21.6 Å². The van der Waals surface area contributed by atoms with E-state index in [-0.39, 0.29) is 0 Å². The molecule has 1 aromatic carbocycles. The van der Waals surface area contributed by atoms with Gasteiger partial charge in [-0.25, -0.2) is 0 Å². The van der Waals surface area contributed by atoms with E-state index in [2.05, 4.69) is 44.3 Å². The molecule has 0 saturated carbocycles. The number of nitrogens with one attached hydrogen (secondary N) is 1. The van der Waals surface area contributed by atoms with E-state index in [9.17, 15) is 0 Å². The molecule has 1 fully saturated rings. The number of hydrogen-bond acceptors (Lipinski definition) is 2. The van der Waals surface area contributed by atoms with Crippen molar-refractivity contribution in [2.45, 2.75) is 12.5 Å². The van der Waals surface area contributed by atoms with Crippen molar-refractivity contribution in [1.82, 2.24) is 5.32 Å². The van der Waals surface area contributed by atoms with Crippen LogP contribution in [0.4, 0.5) is 5.69 Å². The van der Waals surface area contributed by atoms with Crippen molar-refractivity contribution in [1.29, 1.82) is 0 Å². The molecule has 0 aliphatic carbocycles. The van der Waals surface area contributed by atoms with E-state index in [0.29, 0.717) is 6.04 Å². The summed E-state index contributed by atoms with van der Waals surface area (Å²) in [6, 6.07) is 7.20. The van der Waals surface area contributed by atoms with Crippen molar-refractivity contribution in [3.63, 3.8) is 0 Å². The Bertz CT molecular complexity index is 364. The third-order valence-electron chi connectivity index (χ3n) is 3.19. The molecule has 0 bridgehead atoms. The number of benzene rings is 1. The first kappa shape index (κ1) is 8.74. The first-order chi connectivity index (χ1) is 6.86. The van der Waals surface area contributed by atoms with Gasteiger partial charge in [0.25, 0.3) is 0 Å². The van der Waals surface area contributed by atoms with Gasteiger partial charge in [0, 0.05) is 35.8 Å². The number of nitrogens with zero attached hydrogens (tertiary/aromatic N) is 1. The van der Waals surface area contributed by atoms with Gasteiger partial charge in [0.05, 0.1) is 0 Å². The fourth-order valence-electron chi connectivity index (χ4n) is 2.51. The summed E-state index contributed by atoms with van der Waals surface area (Å²) in [6.07, 6.45) is 1.18. The van der Waals surface area contributed by atoms with Gasteiger partial charge >= 0.3 is 0 Å². The number of halogens is 1. The van der Waals surface area contributed by atoms with Gasteiger partial charge in [-0.15, -0.1) is 0 Å². The third-order valence-corrected chi connectivity index (χ3v) is 3.94. The summed E-state index contributed by atoms with van der Waals surface area (Å²) in [6.45, 7) is 3.39. The number of hydrogen-bond donors (Lipinski definition) is 1. The van der Waals surface area contributed by atoms with Gasteiger partial charge in [0.15, 0.2) is 0 Å². The van der Waals surface area contributed by atoms with Gasteiger partial charge in [0.2, 0.25) is 0 Å². The minimum Gasteiger partial charge on any atom is -0.365 e. The SMILES string of the molecule is Brc1cccc2c1C[C@@H]1CNCCN21. The molecule has 2 aliphatic heterocycles. The Balaban J connectivity index is 2.05. The lowest BCUT2D eigenvalue weighted by atomic mass is 10.1. The van der Waals surface area contributed by atoms with Crippen LogP contribution in [-0.4, -0.2) is 25.7 Å². The molecular weight excluding hydrogens is 240 g/mol.